The predicted octanol–water partition coefficient (Wildman–Crippen LogP) is 2.19. The van der Waals surface area contributed by atoms with Gasteiger partial charge in [-0.15, -0.1) is 0 Å². The molecule has 0 radical (unpaired) electrons. The third-order valence-corrected chi connectivity index (χ3v) is 2.64. The lowest BCUT2D eigenvalue weighted by Gasteiger charge is -2.08. The molecular formula is C13H12N2O2. The predicted molar refractivity (Wildman–Crippen MR) is 62.1 cm³/mol. The fraction of sp³-hybridized carbons (Fsp3) is 0.231. The third kappa shape index (κ3) is 2.18. The summed E-state index contributed by atoms with van der Waals surface area (Å²) in [7, 11) is 0. The summed E-state index contributed by atoms with van der Waals surface area (Å²) in [4.78, 5) is 8.44. The Hall–Kier alpha value is -1.78. The van der Waals surface area contributed by atoms with Crippen LogP contribution in [0.2, 0.25) is 0 Å². The third-order valence-electron chi connectivity index (χ3n) is 2.64. The number of nitrogens with zero attached hydrogens (tertiary/aromatic N) is 2. The van der Waals surface area contributed by atoms with Gasteiger partial charge in [-0.25, -0.2) is 0 Å². The first-order valence-electron chi connectivity index (χ1n) is 5.53. The maximum absolute atomic E-state index is 5.39. The molecular weight excluding hydrogens is 216 g/mol. The van der Waals surface area contributed by atoms with E-state index in [-0.39, 0.29) is 6.29 Å². The van der Waals surface area contributed by atoms with E-state index in [1.54, 1.807) is 6.20 Å². The molecule has 0 saturated carbocycles. The quantitative estimate of drug-likeness (QED) is 0.790. The van der Waals surface area contributed by atoms with Crippen LogP contribution in [0.4, 0.5) is 0 Å². The first-order chi connectivity index (χ1) is 8.43. The van der Waals surface area contributed by atoms with Crippen molar-refractivity contribution in [1.29, 1.82) is 0 Å². The Morgan fingerprint density at radius 1 is 1.00 bits per heavy atom. The number of aromatic nitrogens is 2. The molecule has 0 spiro atoms. The highest BCUT2D eigenvalue weighted by Gasteiger charge is 2.19. The summed E-state index contributed by atoms with van der Waals surface area (Å²) >= 11 is 0. The first-order valence-corrected chi connectivity index (χ1v) is 5.53. The van der Waals surface area contributed by atoms with E-state index >= 15 is 0 Å². The number of rotatable bonds is 2. The van der Waals surface area contributed by atoms with Gasteiger partial charge in [0.25, 0.3) is 0 Å². The van der Waals surface area contributed by atoms with Gasteiger partial charge in [0.2, 0.25) is 6.29 Å². The lowest BCUT2D eigenvalue weighted by Crippen LogP contribution is -2.00. The molecule has 0 atom stereocenters. The normalized spacial score (nSPS) is 16.2. The Labute approximate surface area is 99.2 Å². The Morgan fingerprint density at radius 2 is 1.82 bits per heavy atom. The maximum Gasteiger partial charge on any atom is 0.201 e. The molecule has 2 aromatic rings. The first kappa shape index (κ1) is 10.4. The van der Waals surface area contributed by atoms with Gasteiger partial charge in [0.05, 0.1) is 18.9 Å². The molecule has 0 aromatic carbocycles. The summed E-state index contributed by atoms with van der Waals surface area (Å²) < 4.78 is 10.8. The molecule has 0 aliphatic carbocycles. The highest BCUT2D eigenvalue weighted by molar-refractivity contribution is 5.60. The van der Waals surface area contributed by atoms with Crippen molar-refractivity contribution in [2.24, 2.45) is 0 Å². The Bertz CT molecular complexity index is 479. The minimum absolute atomic E-state index is 0.307. The molecule has 86 valence electrons. The number of pyridine rings is 2. The van der Waals surface area contributed by atoms with E-state index in [4.69, 9.17) is 9.47 Å². The molecule has 4 nitrogen and oxygen atoms in total. The van der Waals surface area contributed by atoms with E-state index < -0.39 is 0 Å². The molecule has 3 heterocycles. The summed E-state index contributed by atoms with van der Waals surface area (Å²) in [5.74, 6) is 0. The van der Waals surface area contributed by atoms with E-state index in [0.29, 0.717) is 13.2 Å². The molecule has 0 bridgehead atoms. The second-order valence-corrected chi connectivity index (χ2v) is 3.79. The van der Waals surface area contributed by atoms with Crippen LogP contribution in [0.3, 0.4) is 0 Å². The maximum atomic E-state index is 5.39. The fourth-order valence-corrected chi connectivity index (χ4v) is 1.78. The van der Waals surface area contributed by atoms with Crippen molar-refractivity contribution in [3.8, 4) is 11.1 Å². The van der Waals surface area contributed by atoms with Gasteiger partial charge in [-0.3, -0.25) is 9.97 Å². The zero-order chi connectivity index (χ0) is 11.5. The Morgan fingerprint density at radius 3 is 2.47 bits per heavy atom. The van der Waals surface area contributed by atoms with Crippen molar-refractivity contribution in [3.63, 3.8) is 0 Å². The second kappa shape index (κ2) is 4.61. The molecule has 2 aromatic heterocycles. The zero-order valence-corrected chi connectivity index (χ0v) is 9.24. The van der Waals surface area contributed by atoms with Crippen LogP contribution in [0.1, 0.15) is 12.0 Å². The van der Waals surface area contributed by atoms with Crippen molar-refractivity contribution in [2.45, 2.75) is 6.29 Å². The molecule has 0 N–H and O–H groups in total. The highest BCUT2D eigenvalue weighted by atomic mass is 16.7. The standard InChI is InChI=1S/C13H12N2O2/c1-2-10(8-14-5-1)11-3-4-12(15-9-11)13-16-6-7-17-13/h1-5,8-9,13H,6-7H2. The van der Waals surface area contributed by atoms with Crippen LogP contribution in [0.15, 0.2) is 42.9 Å². The number of hydrogen-bond donors (Lipinski definition) is 0. The average molecular weight is 228 g/mol. The van der Waals surface area contributed by atoms with Crippen molar-refractivity contribution >= 4 is 0 Å². The van der Waals surface area contributed by atoms with Gasteiger partial charge < -0.3 is 9.47 Å². The summed E-state index contributed by atoms with van der Waals surface area (Å²) in [6, 6.07) is 7.85. The van der Waals surface area contributed by atoms with Crippen LogP contribution in [0.25, 0.3) is 11.1 Å². The van der Waals surface area contributed by atoms with E-state index in [9.17, 15) is 0 Å². The molecule has 17 heavy (non-hydrogen) atoms. The smallest absolute Gasteiger partial charge is 0.201 e. The molecule has 4 heteroatoms. The van der Waals surface area contributed by atoms with Gasteiger partial charge in [0, 0.05) is 29.7 Å². The summed E-state index contributed by atoms with van der Waals surface area (Å²) in [5.41, 5.74) is 2.91. The molecule has 1 aliphatic heterocycles. The molecule has 1 aliphatic rings. The molecule has 0 unspecified atom stereocenters. The van der Waals surface area contributed by atoms with E-state index in [1.807, 2.05) is 36.7 Å². The van der Waals surface area contributed by atoms with Gasteiger partial charge >= 0.3 is 0 Å². The molecule has 0 amide bonds. The lowest BCUT2D eigenvalue weighted by atomic mass is 10.1. The van der Waals surface area contributed by atoms with Gasteiger partial charge in [0.1, 0.15) is 0 Å². The number of ether oxygens (including phenoxy) is 2. The largest absolute Gasteiger partial charge is 0.345 e. The van der Waals surface area contributed by atoms with Gasteiger partial charge in [0.15, 0.2) is 0 Å². The van der Waals surface area contributed by atoms with Crippen molar-refractivity contribution in [3.05, 3.63) is 48.5 Å². The SMILES string of the molecule is c1cncc(-c2ccc(C3OCCO3)nc2)c1. The minimum atomic E-state index is -0.307. The van der Waals surface area contributed by atoms with Crippen molar-refractivity contribution in [2.75, 3.05) is 13.2 Å². The topological polar surface area (TPSA) is 44.2 Å². The minimum Gasteiger partial charge on any atom is -0.345 e. The Balaban J connectivity index is 1.85. The van der Waals surface area contributed by atoms with Gasteiger partial charge in [-0.2, -0.15) is 0 Å². The van der Waals surface area contributed by atoms with Gasteiger partial charge in [-0.05, 0) is 12.1 Å². The summed E-state index contributed by atoms with van der Waals surface area (Å²) in [6.07, 6.45) is 5.08. The monoisotopic (exact) mass is 228 g/mol. The van der Waals surface area contributed by atoms with Crippen LogP contribution < -0.4 is 0 Å². The van der Waals surface area contributed by atoms with E-state index in [2.05, 4.69) is 9.97 Å². The summed E-state index contributed by atoms with van der Waals surface area (Å²) in [6.45, 7) is 1.27. The molecule has 3 rings (SSSR count). The van der Waals surface area contributed by atoms with E-state index in [0.717, 1.165) is 16.8 Å². The van der Waals surface area contributed by atoms with Gasteiger partial charge in [-0.1, -0.05) is 12.1 Å². The van der Waals surface area contributed by atoms with Crippen LogP contribution in [-0.4, -0.2) is 23.2 Å². The van der Waals surface area contributed by atoms with Crippen LogP contribution in [0, 0.1) is 0 Å². The van der Waals surface area contributed by atoms with Crippen LogP contribution in [-0.2, 0) is 9.47 Å². The fourth-order valence-electron chi connectivity index (χ4n) is 1.78. The van der Waals surface area contributed by atoms with Crippen LogP contribution in [0.5, 0.6) is 0 Å². The Kier molecular flexibility index (Phi) is 2.81. The summed E-state index contributed by atoms with van der Waals surface area (Å²) in [5, 5.41) is 0. The lowest BCUT2D eigenvalue weighted by molar-refractivity contribution is -0.0472. The second-order valence-electron chi connectivity index (χ2n) is 3.79. The van der Waals surface area contributed by atoms with Crippen molar-refractivity contribution in [1.82, 2.24) is 9.97 Å². The van der Waals surface area contributed by atoms with Crippen LogP contribution >= 0.6 is 0 Å². The zero-order valence-electron chi connectivity index (χ0n) is 9.24. The van der Waals surface area contributed by atoms with E-state index in [1.165, 1.54) is 0 Å². The molecule has 1 fully saturated rings. The highest BCUT2D eigenvalue weighted by Crippen LogP contribution is 2.23. The average Bonchev–Trinajstić information content (AvgIpc) is 2.94. The number of hydrogen-bond acceptors (Lipinski definition) is 4. The van der Waals surface area contributed by atoms with Crippen molar-refractivity contribution < 1.29 is 9.47 Å². The molecule has 1 saturated heterocycles.